The van der Waals surface area contributed by atoms with Gasteiger partial charge in [0.25, 0.3) is 0 Å². The van der Waals surface area contributed by atoms with Gasteiger partial charge in [-0.3, -0.25) is 0 Å². The maximum atomic E-state index is 2.56. The Bertz CT molecular complexity index is 2750. The molecule has 0 heterocycles. The van der Waals surface area contributed by atoms with E-state index in [0.29, 0.717) is 0 Å². The fourth-order valence-corrected chi connectivity index (χ4v) is 12.3. The van der Waals surface area contributed by atoms with Crippen molar-refractivity contribution >= 4 is 38.6 Å². The van der Waals surface area contributed by atoms with Crippen LogP contribution in [0.25, 0.3) is 54.9 Å². The van der Waals surface area contributed by atoms with Gasteiger partial charge in [-0.25, -0.2) is 0 Å². The number of benzene rings is 8. The van der Waals surface area contributed by atoms with Crippen LogP contribution >= 0.6 is 0 Å². The van der Waals surface area contributed by atoms with Crippen molar-refractivity contribution in [2.45, 2.75) is 37.5 Å². The lowest BCUT2D eigenvalue weighted by molar-refractivity contribution is -0.0399. The summed E-state index contributed by atoms with van der Waals surface area (Å²) >= 11 is 0. The third-order valence-corrected chi connectivity index (χ3v) is 14.2. The normalized spacial score (nSPS) is 23.0. The lowest BCUT2D eigenvalue weighted by atomic mass is 9.43. The molecule has 0 radical (unpaired) electrons. The standard InChI is InChI=1S/C54H43N/c1-2-12-37(13-3-1)45-16-9-11-21-53(45)55(42-24-22-38(23-25-42)49-33-39-14-4-5-15-44(39)46-17-6-7-18-47(46)49)43-26-27-52-50(34-43)48-19-8-10-20-51(48)54(52)40-29-35-28-36(31-40)32-41(54)30-35/h1-27,33-36,40-41H,28-32H2. The van der Waals surface area contributed by atoms with Gasteiger partial charge in [0, 0.05) is 22.4 Å². The van der Waals surface area contributed by atoms with E-state index in [0.717, 1.165) is 29.4 Å². The molecule has 4 fully saturated rings. The summed E-state index contributed by atoms with van der Waals surface area (Å²) in [4.78, 5) is 2.51. The van der Waals surface area contributed by atoms with Gasteiger partial charge in [-0.2, -0.15) is 0 Å². The van der Waals surface area contributed by atoms with Gasteiger partial charge in [0.1, 0.15) is 0 Å². The predicted octanol–water partition coefficient (Wildman–Crippen LogP) is 14.5. The van der Waals surface area contributed by atoms with Crippen LogP contribution in [0.2, 0.25) is 0 Å². The average molecular weight is 706 g/mol. The molecule has 0 unspecified atom stereocenters. The zero-order chi connectivity index (χ0) is 36.1. The van der Waals surface area contributed by atoms with Crippen LogP contribution in [0, 0.1) is 23.7 Å². The summed E-state index contributed by atoms with van der Waals surface area (Å²) < 4.78 is 0. The van der Waals surface area contributed by atoms with Crippen LogP contribution in [-0.2, 0) is 5.41 Å². The maximum Gasteiger partial charge on any atom is 0.0540 e. The number of anilines is 3. The van der Waals surface area contributed by atoms with E-state index in [1.54, 1.807) is 11.1 Å². The molecule has 1 heteroatoms. The Labute approximate surface area is 323 Å². The average Bonchev–Trinajstić information content (AvgIpc) is 3.53. The Kier molecular flexibility index (Phi) is 6.88. The summed E-state index contributed by atoms with van der Waals surface area (Å²) in [6.45, 7) is 0. The smallest absolute Gasteiger partial charge is 0.0540 e. The molecule has 8 aromatic rings. The fourth-order valence-electron chi connectivity index (χ4n) is 12.3. The van der Waals surface area contributed by atoms with Crippen LogP contribution in [0.15, 0.2) is 176 Å². The van der Waals surface area contributed by atoms with E-state index in [-0.39, 0.29) is 5.41 Å². The first-order valence-corrected chi connectivity index (χ1v) is 20.4. The first-order chi connectivity index (χ1) is 27.2. The molecule has 1 nitrogen and oxygen atoms in total. The van der Waals surface area contributed by atoms with E-state index >= 15 is 0 Å². The van der Waals surface area contributed by atoms with Crippen molar-refractivity contribution in [1.29, 1.82) is 0 Å². The van der Waals surface area contributed by atoms with Crippen molar-refractivity contribution in [3.63, 3.8) is 0 Å². The number of hydrogen-bond acceptors (Lipinski definition) is 1. The van der Waals surface area contributed by atoms with Crippen LogP contribution in [0.5, 0.6) is 0 Å². The third-order valence-electron chi connectivity index (χ3n) is 14.2. The van der Waals surface area contributed by atoms with Gasteiger partial charge in [-0.05, 0) is 153 Å². The SMILES string of the molecule is c1ccc(-c2ccccc2N(c2ccc(-c3cc4ccccc4c4ccccc34)cc2)c2ccc3c(c2)-c2ccccc2C32C3CC4CC(C3)CC2C4)cc1. The Balaban J connectivity index is 1.04. The molecule has 1 spiro atoms. The molecule has 8 aromatic carbocycles. The van der Waals surface area contributed by atoms with Gasteiger partial charge in [0.2, 0.25) is 0 Å². The minimum Gasteiger partial charge on any atom is -0.310 e. The van der Waals surface area contributed by atoms with Crippen LogP contribution < -0.4 is 4.90 Å². The summed E-state index contributed by atoms with van der Waals surface area (Å²) in [7, 11) is 0. The Morgan fingerprint density at radius 1 is 0.382 bits per heavy atom. The molecule has 0 saturated heterocycles. The van der Waals surface area contributed by atoms with Gasteiger partial charge < -0.3 is 4.90 Å². The summed E-state index contributed by atoms with van der Waals surface area (Å²) in [6.07, 6.45) is 7.08. The van der Waals surface area contributed by atoms with Crippen molar-refractivity contribution in [1.82, 2.24) is 0 Å². The van der Waals surface area contributed by atoms with E-state index in [4.69, 9.17) is 0 Å². The zero-order valence-electron chi connectivity index (χ0n) is 31.0. The highest BCUT2D eigenvalue weighted by molar-refractivity contribution is 6.13. The van der Waals surface area contributed by atoms with Crippen LogP contribution in [0.3, 0.4) is 0 Å². The molecule has 0 atom stereocenters. The second-order valence-electron chi connectivity index (χ2n) is 16.9. The summed E-state index contributed by atoms with van der Waals surface area (Å²) in [5.41, 5.74) is 14.8. The van der Waals surface area contributed by atoms with E-state index in [2.05, 4.69) is 181 Å². The van der Waals surface area contributed by atoms with Crippen LogP contribution in [0.4, 0.5) is 17.1 Å². The second-order valence-corrected chi connectivity index (χ2v) is 16.9. The molecule has 0 N–H and O–H groups in total. The largest absolute Gasteiger partial charge is 0.310 e. The second kappa shape index (κ2) is 12.0. The minimum atomic E-state index is 0.162. The van der Waals surface area contributed by atoms with E-state index < -0.39 is 0 Å². The molecule has 5 aliphatic rings. The quantitative estimate of drug-likeness (QED) is 0.161. The molecular formula is C54H43N. The maximum absolute atomic E-state index is 2.56. The van der Waals surface area contributed by atoms with Gasteiger partial charge in [-0.15, -0.1) is 0 Å². The predicted molar refractivity (Wildman–Crippen MR) is 230 cm³/mol. The number of nitrogens with zero attached hydrogens (tertiary/aromatic N) is 1. The van der Waals surface area contributed by atoms with E-state index in [9.17, 15) is 0 Å². The van der Waals surface area contributed by atoms with E-state index in [1.807, 2.05) is 0 Å². The molecule has 13 rings (SSSR count). The number of fused-ring (bicyclic) bond motifs is 6. The Morgan fingerprint density at radius 2 is 0.964 bits per heavy atom. The van der Waals surface area contributed by atoms with E-state index in [1.165, 1.54) is 98.4 Å². The van der Waals surface area contributed by atoms with Crippen LogP contribution in [-0.4, -0.2) is 0 Å². The first kappa shape index (κ1) is 31.4. The third kappa shape index (κ3) is 4.59. The molecule has 4 bridgehead atoms. The summed E-state index contributed by atoms with van der Waals surface area (Å²) in [5.74, 6) is 3.38. The minimum absolute atomic E-state index is 0.162. The topological polar surface area (TPSA) is 3.24 Å². The number of rotatable bonds is 5. The van der Waals surface area contributed by atoms with Crippen molar-refractivity contribution in [2.24, 2.45) is 23.7 Å². The highest BCUT2D eigenvalue weighted by atomic mass is 15.1. The summed E-state index contributed by atoms with van der Waals surface area (Å²) in [6, 6.07) is 66.2. The van der Waals surface area contributed by atoms with Gasteiger partial charge in [-0.1, -0.05) is 140 Å². The fraction of sp³-hybridized carbons (Fsp3) is 0.185. The highest BCUT2D eigenvalue weighted by Crippen LogP contribution is 2.69. The molecule has 4 saturated carbocycles. The zero-order valence-corrected chi connectivity index (χ0v) is 31.0. The Hall–Kier alpha value is -5.92. The number of para-hydroxylation sites is 1. The molecular weight excluding hydrogens is 663 g/mol. The molecule has 0 aromatic heterocycles. The number of hydrogen-bond donors (Lipinski definition) is 0. The molecule has 0 amide bonds. The van der Waals surface area contributed by atoms with Crippen molar-refractivity contribution < 1.29 is 0 Å². The van der Waals surface area contributed by atoms with Gasteiger partial charge in [0.05, 0.1) is 5.69 Å². The molecule has 5 aliphatic carbocycles. The van der Waals surface area contributed by atoms with Crippen molar-refractivity contribution in [2.75, 3.05) is 4.90 Å². The summed E-state index contributed by atoms with van der Waals surface area (Å²) in [5, 5.41) is 5.16. The first-order valence-electron chi connectivity index (χ1n) is 20.4. The Morgan fingerprint density at radius 3 is 1.75 bits per heavy atom. The highest BCUT2D eigenvalue weighted by Gasteiger charge is 2.61. The lowest BCUT2D eigenvalue weighted by Gasteiger charge is -2.61. The molecule has 55 heavy (non-hydrogen) atoms. The molecule has 0 aliphatic heterocycles. The monoisotopic (exact) mass is 705 g/mol. The van der Waals surface area contributed by atoms with Gasteiger partial charge >= 0.3 is 0 Å². The van der Waals surface area contributed by atoms with Crippen molar-refractivity contribution in [3.8, 4) is 33.4 Å². The molecule has 264 valence electrons. The van der Waals surface area contributed by atoms with Crippen molar-refractivity contribution in [3.05, 3.63) is 187 Å². The van der Waals surface area contributed by atoms with Gasteiger partial charge in [0.15, 0.2) is 0 Å². The van der Waals surface area contributed by atoms with Crippen LogP contribution in [0.1, 0.15) is 43.2 Å². The lowest BCUT2D eigenvalue weighted by Crippen LogP contribution is -2.55.